The zero-order valence-corrected chi connectivity index (χ0v) is 13.1. The zero-order valence-electron chi connectivity index (χ0n) is 13.1. The molecule has 1 heterocycles. The zero-order chi connectivity index (χ0) is 15.9. The molecule has 4 unspecified atom stereocenters. The summed E-state index contributed by atoms with van der Waals surface area (Å²) in [7, 11) is 0. The largest absolute Gasteiger partial charge is 0.352 e. The van der Waals surface area contributed by atoms with Crippen molar-refractivity contribution in [3.05, 3.63) is 17.5 Å². The predicted molar refractivity (Wildman–Crippen MR) is 78.5 cm³/mol. The Balaban J connectivity index is 1.56. The van der Waals surface area contributed by atoms with Gasteiger partial charge in [-0.15, -0.1) is 0 Å². The predicted octanol–water partition coefficient (Wildman–Crippen LogP) is 3.07. The van der Waals surface area contributed by atoms with Gasteiger partial charge in [0.2, 0.25) is 5.91 Å². The van der Waals surface area contributed by atoms with E-state index in [9.17, 15) is 13.6 Å². The molecule has 2 bridgehead atoms. The van der Waals surface area contributed by atoms with Crippen LogP contribution in [-0.2, 0) is 11.3 Å². The van der Waals surface area contributed by atoms with Crippen LogP contribution in [0.2, 0.25) is 0 Å². The Hall–Kier alpha value is -1.46. The first-order valence-electron chi connectivity index (χ1n) is 8.06. The lowest BCUT2D eigenvalue weighted by molar-refractivity contribution is -0.123. The van der Waals surface area contributed by atoms with Crippen LogP contribution in [0.4, 0.5) is 8.78 Å². The third-order valence-corrected chi connectivity index (χ3v) is 5.34. The Kier molecular flexibility index (Phi) is 4.19. The topological polar surface area (TPSA) is 46.9 Å². The molecule has 122 valence electrons. The van der Waals surface area contributed by atoms with Crippen molar-refractivity contribution in [2.75, 3.05) is 0 Å². The second-order valence-corrected chi connectivity index (χ2v) is 6.86. The summed E-state index contributed by atoms with van der Waals surface area (Å²) in [4.78, 5) is 12.2. The van der Waals surface area contributed by atoms with Gasteiger partial charge in [0.25, 0.3) is 6.43 Å². The Bertz CT molecular complexity index is 558. The number of aryl methyl sites for hydroxylation is 1. The summed E-state index contributed by atoms with van der Waals surface area (Å²) in [5.41, 5.74) is 0.310. The molecule has 4 nitrogen and oxygen atoms in total. The van der Waals surface area contributed by atoms with Crippen LogP contribution in [-0.4, -0.2) is 21.7 Å². The van der Waals surface area contributed by atoms with Crippen LogP contribution in [0, 0.1) is 24.7 Å². The van der Waals surface area contributed by atoms with E-state index in [0.29, 0.717) is 11.6 Å². The first-order chi connectivity index (χ1) is 10.4. The molecule has 0 aliphatic heterocycles. The Morgan fingerprint density at radius 1 is 1.45 bits per heavy atom. The standard InChI is InChI=1S/C16H23F2N3O/c1-9-5-14(16(17)18)20-21(9)8-15(22)19-10(2)13-7-11-3-4-12(13)6-11/h5,10-13,16H,3-4,6-8H2,1-2H3,(H,19,22). The van der Waals surface area contributed by atoms with Gasteiger partial charge < -0.3 is 5.32 Å². The molecule has 6 heteroatoms. The van der Waals surface area contributed by atoms with Crippen LogP contribution in [0.15, 0.2) is 6.07 Å². The summed E-state index contributed by atoms with van der Waals surface area (Å²) in [5, 5.41) is 6.83. The lowest BCUT2D eigenvalue weighted by atomic mass is 9.84. The second kappa shape index (κ2) is 5.97. The van der Waals surface area contributed by atoms with E-state index in [0.717, 1.165) is 11.8 Å². The fourth-order valence-corrected chi connectivity index (χ4v) is 4.25. The normalized spacial score (nSPS) is 28.3. The quantitative estimate of drug-likeness (QED) is 0.908. The van der Waals surface area contributed by atoms with Gasteiger partial charge in [0.1, 0.15) is 12.2 Å². The van der Waals surface area contributed by atoms with Gasteiger partial charge in [-0.2, -0.15) is 5.10 Å². The van der Waals surface area contributed by atoms with Gasteiger partial charge in [-0.1, -0.05) is 6.42 Å². The number of rotatable bonds is 5. The minimum Gasteiger partial charge on any atom is -0.352 e. The first kappa shape index (κ1) is 15.4. The van der Waals surface area contributed by atoms with Crippen molar-refractivity contribution in [3.8, 4) is 0 Å². The van der Waals surface area contributed by atoms with E-state index in [4.69, 9.17) is 0 Å². The minimum absolute atomic E-state index is 0.00368. The van der Waals surface area contributed by atoms with E-state index < -0.39 is 6.43 Å². The van der Waals surface area contributed by atoms with Gasteiger partial charge in [0, 0.05) is 11.7 Å². The van der Waals surface area contributed by atoms with E-state index in [2.05, 4.69) is 17.3 Å². The molecule has 2 saturated carbocycles. The maximum absolute atomic E-state index is 12.6. The molecule has 1 N–H and O–H groups in total. The van der Waals surface area contributed by atoms with Gasteiger partial charge in [-0.05, 0) is 56.9 Å². The number of fused-ring (bicyclic) bond motifs is 2. The average Bonchev–Trinajstić information content (AvgIpc) is 3.14. The van der Waals surface area contributed by atoms with Crippen molar-refractivity contribution >= 4 is 5.91 Å². The highest BCUT2D eigenvalue weighted by molar-refractivity contribution is 5.76. The molecule has 0 aromatic carbocycles. The van der Waals surface area contributed by atoms with Crippen molar-refractivity contribution in [1.29, 1.82) is 0 Å². The summed E-state index contributed by atoms with van der Waals surface area (Å²) in [6.07, 6.45) is 2.54. The number of hydrogen-bond acceptors (Lipinski definition) is 2. The molecule has 1 aromatic rings. The van der Waals surface area contributed by atoms with E-state index in [1.54, 1.807) is 6.92 Å². The summed E-state index contributed by atoms with van der Waals surface area (Å²) in [5.74, 6) is 2.01. The van der Waals surface area contributed by atoms with Crippen LogP contribution in [0.25, 0.3) is 0 Å². The smallest absolute Gasteiger partial charge is 0.282 e. The number of hydrogen-bond donors (Lipinski definition) is 1. The highest BCUT2D eigenvalue weighted by Crippen LogP contribution is 2.49. The van der Waals surface area contributed by atoms with E-state index in [1.165, 1.54) is 36.4 Å². The van der Waals surface area contributed by atoms with Crippen LogP contribution in [0.5, 0.6) is 0 Å². The number of carbonyl (C=O) groups excluding carboxylic acids is 1. The number of amides is 1. The van der Waals surface area contributed by atoms with Crippen molar-refractivity contribution in [1.82, 2.24) is 15.1 Å². The number of carbonyl (C=O) groups is 1. The Morgan fingerprint density at radius 2 is 2.23 bits per heavy atom. The number of alkyl halides is 2. The fourth-order valence-electron chi connectivity index (χ4n) is 4.25. The Labute approximate surface area is 129 Å². The molecule has 22 heavy (non-hydrogen) atoms. The van der Waals surface area contributed by atoms with E-state index in [1.807, 2.05) is 0 Å². The highest BCUT2D eigenvalue weighted by Gasteiger charge is 2.42. The monoisotopic (exact) mass is 311 g/mol. The molecule has 4 atom stereocenters. The molecule has 3 rings (SSSR count). The van der Waals surface area contributed by atoms with Gasteiger partial charge in [0.05, 0.1) is 0 Å². The molecule has 2 aliphatic carbocycles. The second-order valence-electron chi connectivity index (χ2n) is 6.86. The number of halogens is 2. The molecule has 0 spiro atoms. The van der Waals surface area contributed by atoms with E-state index in [-0.39, 0.29) is 24.2 Å². The van der Waals surface area contributed by atoms with Crippen molar-refractivity contribution in [2.24, 2.45) is 17.8 Å². The highest BCUT2D eigenvalue weighted by atomic mass is 19.3. The van der Waals surface area contributed by atoms with E-state index >= 15 is 0 Å². The first-order valence-corrected chi connectivity index (χ1v) is 8.06. The lowest BCUT2D eigenvalue weighted by Gasteiger charge is -2.28. The van der Waals surface area contributed by atoms with Crippen molar-refractivity contribution in [3.63, 3.8) is 0 Å². The minimum atomic E-state index is -2.60. The molecule has 0 saturated heterocycles. The third-order valence-electron chi connectivity index (χ3n) is 5.34. The summed E-state index contributed by atoms with van der Waals surface area (Å²) < 4.78 is 26.6. The molecular weight excluding hydrogens is 288 g/mol. The molecule has 2 fully saturated rings. The summed E-state index contributed by atoms with van der Waals surface area (Å²) in [6, 6.07) is 1.48. The van der Waals surface area contributed by atoms with Gasteiger partial charge in [-0.3, -0.25) is 9.48 Å². The number of nitrogens with one attached hydrogen (secondary N) is 1. The van der Waals surface area contributed by atoms with Crippen LogP contribution < -0.4 is 5.32 Å². The van der Waals surface area contributed by atoms with Crippen LogP contribution >= 0.6 is 0 Å². The van der Waals surface area contributed by atoms with Gasteiger partial charge in [0.15, 0.2) is 0 Å². The number of aromatic nitrogens is 2. The molecule has 1 aromatic heterocycles. The molecule has 0 radical (unpaired) electrons. The molecular formula is C16H23F2N3O. The number of nitrogens with zero attached hydrogens (tertiary/aromatic N) is 2. The van der Waals surface area contributed by atoms with Crippen molar-refractivity contribution in [2.45, 2.75) is 58.5 Å². The summed E-state index contributed by atoms with van der Waals surface area (Å²) in [6.45, 7) is 3.75. The SMILES string of the molecule is Cc1cc(C(F)F)nn1CC(=O)NC(C)C1CC2CCC1C2. The fraction of sp³-hybridized carbons (Fsp3) is 0.750. The van der Waals surface area contributed by atoms with Crippen molar-refractivity contribution < 1.29 is 13.6 Å². The maximum Gasteiger partial charge on any atom is 0.282 e. The van der Waals surface area contributed by atoms with Crippen LogP contribution in [0.1, 0.15) is 50.4 Å². The molecule has 2 aliphatic rings. The van der Waals surface area contributed by atoms with Gasteiger partial charge in [-0.25, -0.2) is 8.78 Å². The lowest BCUT2D eigenvalue weighted by Crippen LogP contribution is -2.41. The van der Waals surface area contributed by atoms with Crippen LogP contribution in [0.3, 0.4) is 0 Å². The maximum atomic E-state index is 12.6. The average molecular weight is 311 g/mol. The molecule has 1 amide bonds. The Morgan fingerprint density at radius 3 is 2.77 bits per heavy atom. The summed E-state index contributed by atoms with van der Waals surface area (Å²) >= 11 is 0. The van der Waals surface area contributed by atoms with Gasteiger partial charge >= 0.3 is 0 Å². The third kappa shape index (κ3) is 3.01.